The van der Waals surface area contributed by atoms with E-state index in [1.807, 2.05) is 49.4 Å². The van der Waals surface area contributed by atoms with Gasteiger partial charge in [0.15, 0.2) is 11.0 Å². The van der Waals surface area contributed by atoms with Crippen LogP contribution in [0, 0.1) is 18.3 Å². The number of fused-ring (bicyclic) bond motifs is 1. The molecule has 0 aliphatic rings. The average molecular weight is 452 g/mol. The van der Waals surface area contributed by atoms with E-state index < -0.39 is 0 Å². The second-order valence-electron chi connectivity index (χ2n) is 7.38. The maximum Gasteiger partial charge on any atom is 0.266 e. The van der Waals surface area contributed by atoms with Crippen LogP contribution in [0.5, 0.6) is 0 Å². The van der Waals surface area contributed by atoms with Gasteiger partial charge in [-0.15, -0.1) is 0 Å². The van der Waals surface area contributed by atoms with Crippen molar-refractivity contribution >= 4 is 22.7 Å². The van der Waals surface area contributed by atoms with Gasteiger partial charge in [0.2, 0.25) is 0 Å². The molecular formula is C25H17N5O2S. The lowest BCUT2D eigenvalue weighted by molar-refractivity contribution is 0.425. The molecule has 3 aromatic carbocycles. The van der Waals surface area contributed by atoms with Crippen LogP contribution < -0.4 is 5.56 Å². The third-order valence-corrected chi connectivity index (χ3v) is 6.00. The molecule has 0 saturated heterocycles. The summed E-state index contributed by atoms with van der Waals surface area (Å²) in [5.41, 5.74) is 3.55. The molecule has 0 radical (unpaired) electrons. The summed E-state index contributed by atoms with van der Waals surface area (Å²) in [4.78, 5) is 22.5. The Hall–Kier alpha value is -4.22. The van der Waals surface area contributed by atoms with Crippen LogP contribution in [0.2, 0.25) is 0 Å². The highest BCUT2D eigenvalue weighted by atomic mass is 32.2. The van der Waals surface area contributed by atoms with Crippen molar-refractivity contribution in [3.63, 3.8) is 0 Å². The third kappa shape index (κ3) is 4.14. The predicted molar refractivity (Wildman–Crippen MR) is 126 cm³/mol. The zero-order valence-corrected chi connectivity index (χ0v) is 18.4. The molecule has 5 aromatic rings. The van der Waals surface area contributed by atoms with Crippen LogP contribution in [0.3, 0.4) is 0 Å². The molecule has 8 heteroatoms. The second-order valence-corrected chi connectivity index (χ2v) is 8.33. The van der Waals surface area contributed by atoms with Crippen LogP contribution in [0.1, 0.15) is 17.0 Å². The topological polar surface area (TPSA) is 97.6 Å². The van der Waals surface area contributed by atoms with Crippen LogP contribution in [-0.2, 0) is 5.75 Å². The number of thioether (sulfide) groups is 1. The first kappa shape index (κ1) is 20.7. The summed E-state index contributed by atoms with van der Waals surface area (Å²) < 4.78 is 6.99. The van der Waals surface area contributed by atoms with E-state index in [1.165, 1.54) is 11.8 Å². The Morgan fingerprint density at radius 3 is 2.64 bits per heavy atom. The van der Waals surface area contributed by atoms with E-state index in [0.717, 1.165) is 11.1 Å². The number of aromatic nitrogens is 4. The van der Waals surface area contributed by atoms with Crippen molar-refractivity contribution in [1.82, 2.24) is 19.7 Å². The summed E-state index contributed by atoms with van der Waals surface area (Å²) >= 11 is 1.35. The summed E-state index contributed by atoms with van der Waals surface area (Å²) in [7, 11) is 0. The van der Waals surface area contributed by atoms with Gasteiger partial charge < -0.3 is 4.52 Å². The van der Waals surface area contributed by atoms with Gasteiger partial charge in [0.25, 0.3) is 11.4 Å². The van der Waals surface area contributed by atoms with Crippen LogP contribution in [0.15, 0.2) is 87.3 Å². The quantitative estimate of drug-likeness (QED) is 0.277. The van der Waals surface area contributed by atoms with Crippen molar-refractivity contribution in [1.29, 1.82) is 5.26 Å². The second kappa shape index (κ2) is 8.73. The smallest absolute Gasteiger partial charge is 0.266 e. The van der Waals surface area contributed by atoms with Crippen molar-refractivity contribution in [2.45, 2.75) is 17.8 Å². The highest BCUT2D eigenvalue weighted by Gasteiger charge is 2.16. The number of benzene rings is 3. The van der Waals surface area contributed by atoms with Gasteiger partial charge in [-0.2, -0.15) is 10.2 Å². The average Bonchev–Trinajstić information content (AvgIpc) is 3.32. The Morgan fingerprint density at radius 2 is 1.85 bits per heavy atom. The summed E-state index contributed by atoms with van der Waals surface area (Å²) in [5, 5.41) is 14.2. The number of hydrogen-bond donors (Lipinski definition) is 0. The molecule has 0 atom stereocenters. The van der Waals surface area contributed by atoms with Gasteiger partial charge in [-0.25, -0.2) is 4.98 Å². The number of rotatable bonds is 5. The third-order valence-electron chi connectivity index (χ3n) is 5.06. The molecule has 7 nitrogen and oxygen atoms in total. The van der Waals surface area contributed by atoms with Crippen molar-refractivity contribution < 1.29 is 4.52 Å². The molecule has 160 valence electrons. The highest BCUT2D eigenvalue weighted by molar-refractivity contribution is 7.98. The van der Waals surface area contributed by atoms with Crippen LogP contribution >= 0.6 is 11.8 Å². The van der Waals surface area contributed by atoms with Gasteiger partial charge >= 0.3 is 0 Å². The lowest BCUT2D eigenvalue weighted by Crippen LogP contribution is -2.21. The molecule has 0 N–H and O–H groups in total. The fraction of sp³-hybridized carbons (Fsp3) is 0.0800. The Kier molecular flexibility index (Phi) is 5.47. The molecule has 0 aliphatic carbocycles. The van der Waals surface area contributed by atoms with Gasteiger partial charge in [0.05, 0.1) is 34.0 Å². The van der Waals surface area contributed by atoms with E-state index in [1.54, 1.807) is 34.9 Å². The standard InChI is InChI=1S/C25H17N5O2S/c1-16-5-4-6-18(13-16)23-28-22(29-32-23)15-33-25-27-21-8-3-2-7-20(21)24(31)30(25)19-11-9-17(14-26)10-12-19/h2-13H,15H2,1H3. The predicted octanol–water partition coefficient (Wildman–Crippen LogP) is 4.91. The van der Waals surface area contributed by atoms with E-state index in [9.17, 15) is 4.79 Å². The van der Waals surface area contributed by atoms with Crippen molar-refractivity contribution in [2.75, 3.05) is 0 Å². The first-order valence-corrected chi connectivity index (χ1v) is 11.2. The molecule has 2 aromatic heterocycles. The van der Waals surface area contributed by atoms with Crippen LogP contribution in [0.4, 0.5) is 0 Å². The lowest BCUT2D eigenvalue weighted by Gasteiger charge is -2.12. The van der Waals surface area contributed by atoms with Gasteiger partial charge in [0.1, 0.15) is 0 Å². The van der Waals surface area contributed by atoms with Crippen molar-refractivity contribution in [2.24, 2.45) is 0 Å². The van der Waals surface area contributed by atoms with Gasteiger partial charge in [0, 0.05) is 5.56 Å². The summed E-state index contributed by atoms with van der Waals surface area (Å²) in [6.45, 7) is 2.00. The van der Waals surface area contributed by atoms with E-state index >= 15 is 0 Å². The monoisotopic (exact) mass is 451 g/mol. The van der Waals surface area contributed by atoms with Crippen molar-refractivity contribution in [3.8, 4) is 23.2 Å². The molecule has 0 saturated carbocycles. The number of aryl methyl sites for hydroxylation is 1. The molecule has 0 spiro atoms. The summed E-state index contributed by atoms with van der Waals surface area (Å²) in [6, 6.07) is 24.0. The highest BCUT2D eigenvalue weighted by Crippen LogP contribution is 2.25. The van der Waals surface area contributed by atoms with E-state index in [-0.39, 0.29) is 5.56 Å². The summed E-state index contributed by atoms with van der Waals surface area (Å²) in [6.07, 6.45) is 0. The van der Waals surface area contributed by atoms with Crippen molar-refractivity contribution in [3.05, 3.63) is 100 Å². The largest absolute Gasteiger partial charge is 0.334 e. The fourth-order valence-corrected chi connectivity index (χ4v) is 4.31. The molecule has 33 heavy (non-hydrogen) atoms. The van der Waals surface area contributed by atoms with E-state index in [2.05, 4.69) is 16.2 Å². The minimum absolute atomic E-state index is 0.179. The molecule has 0 aliphatic heterocycles. The minimum atomic E-state index is -0.179. The molecule has 0 amide bonds. The fourth-order valence-electron chi connectivity index (χ4n) is 3.46. The number of nitriles is 1. The zero-order chi connectivity index (χ0) is 22.8. The van der Waals surface area contributed by atoms with Crippen LogP contribution in [-0.4, -0.2) is 19.7 Å². The first-order valence-electron chi connectivity index (χ1n) is 10.2. The molecular weight excluding hydrogens is 434 g/mol. The number of hydrogen-bond acceptors (Lipinski definition) is 7. The minimum Gasteiger partial charge on any atom is -0.334 e. The molecule has 2 heterocycles. The number of para-hydroxylation sites is 1. The molecule has 5 rings (SSSR count). The first-order chi connectivity index (χ1) is 16.1. The van der Waals surface area contributed by atoms with Gasteiger partial charge in [-0.05, 0) is 55.5 Å². The molecule has 0 bridgehead atoms. The Bertz CT molecular complexity index is 1560. The molecule has 0 unspecified atom stereocenters. The van der Waals surface area contributed by atoms with E-state index in [4.69, 9.17) is 14.8 Å². The maximum absolute atomic E-state index is 13.3. The summed E-state index contributed by atoms with van der Waals surface area (Å²) in [5.74, 6) is 1.33. The Morgan fingerprint density at radius 1 is 1.03 bits per heavy atom. The van der Waals surface area contributed by atoms with Crippen LogP contribution in [0.25, 0.3) is 28.0 Å². The SMILES string of the molecule is Cc1cccc(-c2nc(CSc3nc4ccccc4c(=O)n3-c3ccc(C#N)cc3)no2)c1. The van der Waals surface area contributed by atoms with Gasteiger partial charge in [-0.3, -0.25) is 9.36 Å². The Balaban J connectivity index is 1.51. The normalized spacial score (nSPS) is 10.9. The molecule has 0 fully saturated rings. The maximum atomic E-state index is 13.3. The Labute approximate surface area is 193 Å². The lowest BCUT2D eigenvalue weighted by atomic mass is 10.1. The number of nitrogens with zero attached hydrogens (tertiary/aromatic N) is 5. The zero-order valence-electron chi connectivity index (χ0n) is 17.6. The van der Waals surface area contributed by atoms with Gasteiger partial charge in [-0.1, -0.05) is 46.7 Å². The van der Waals surface area contributed by atoms with E-state index in [0.29, 0.717) is 44.8 Å².